The Morgan fingerprint density at radius 2 is 0.927 bits per heavy atom. The zero-order valence-electron chi connectivity index (χ0n) is 22.9. The van der Waals surface area contributed by atoms with Gasteiger partial charge in [0.15, 0.2) is 0 Å². The molecule has 41 heavy (non-hydrogen) atoms. The molecule has 0 radical (unpaired) electrons. The maximum absolute atomic E-state index is 5.32. The zero-order chi connectivity index (χ0) is 27.3. The van der Waals surface area contributed by atoms with Gasteiger partial charge in [-0.15, -0.1) is 0 Å². The van der Waals surface area contributed by atoms with Gasteiger partial charge in [-0.1, -0.05) is 127 Å². The lowest BCUT2D eigenvalue weighted by atomic mass is 9.77. The van der Waals surface area contributed by atoms with Gasteiger partial charge in [0.05, 0.1) is 17.6 Å². The van der Waals surface area contributed by atoms with E-state index >= 15 is 0 Å². The topological polar surface area (TPSA) is 17.8 Å². The highest BCUT2D eigenvalue weighted by atomic mass is 15.1. The Morgan fingerprint density at radius 3 is 1.44 bits per heavy atom. The lowest BCUT2D eigenvalue weighted by Gasteiger charge is -2.25. The molecule has 0 saturated heterocycles. The van der Waals surface area contributed by atoms with Crippen LogP contribution in [0.3, 0.4) is 0 Å². The van der Waals surface area contributed by atoms with Gasteiger partial charge in [0.2, 0.25) is 0 Å². The molecule has 7 aromatic rings. The molecule has 194 valence electrons. The number of hydrogen-bond acceptors (Lipinski definition) is 1. The van der Waals surface area contributed by atoms with Crippen molar-refractivity contribution >= 4 is 11.0 Å². The Morgan fingerprint density at radius 1 is 0.488 bits per heavy atom. The zero-order valence-corrected chi connectivity index (χ0v) is 22.9. The van der Waals surface area contributed by atoms with E-state index in [1.54, 1.807) is 0 Å². The van der Waals surface area contributed by atoms with Crippen molar-refractivity contribution in [1.29, 1.82) is 0 Å². The highest BCUT2D eigenvalue weighted by Crippen LogP contribution is 2.55. The number of aromatic nitrogens is 2. The van der Waals surface area contributed by atoms with Gasteiger partial charge in [-0.2, -0.15) is 0 Å². The number of aryl methyl sites for hydroxylation is 1. The van der Waals surface area contributed by atoms with Gasteiger partial charge in [-0.05, 0) is 69.1 Å². The second-order valence-electron chi connectivity index (χ2n) is 10.8. The number of nitrogens with zero attached hydrogens (tertiary/aromatic N) is 2. The van der Waals surface area contributed by atoms with Crippen LogP contribution < -0.4 is 0 Å². The fourth-order valence-electron chi connectivity index (χ4n) is 6.56. The fourth-order valence-corrected chi connectivity index (χ4v) is 6.56. The molecule has 0 aliphatic carbocycles. The molecule has 0 fully saturated rings. The molecule has 0 spiro atoms. The van der Waals surface area contributed by atoms with Gasteiger partial charge in [-0.3, -0.25) is 0 Å². The van der Waals surface area contributed by atoms with Crippen molar-refractivity contribution in [2.24, 2.45) is 0 Å². The van der Waals surface area contributed by atoms with Crippen molar-refractivity contribution < 1.29 is 0 Å². The molecule has 2 nitrogen and oxygen atoms in total. The van der Waals surface area contributed by atoms with Gasteiger partial charge in [0.1, 0.15) is 5.82 Å². The largest absolute Gasteiger partial charge is 0.319 e. The molecule has 0 amide bonds. The van der Waals surface area contributed by atoms with Crippen LogP contribution in [0.1, 0.15) is 11.1 Å². The quantitative estimate of drug-likeness (QED) is 0.224. The lowest BCUT2D eigenvalue weighted by molar-refractivity contribution is 0.880. The predicted octanol–water partition coefficient (Wildman–Crippen LogP) is 10.0. The smallest absolute Gasteiger partial charge is 0.142 e. The first-order valence-corrected chi connectivity index (χ1v) is 14.2. The van der Waals surface area contributed by atoms with Crippen LogP contribution in [0.25, 0.3) is 66.9 Å². The molecule has 0 N–H and O–H groups in total. The van der Waals surface area contributed by atoms with E-state index in [0.717, 1.165) is 17.9 Å². The van der Waals surface area contributed by atoms with Crippen molar-refractivity contribution in [1.82, 2.24) is 9.55 Å². The maximum Gasteiger partial charge on any atom is 0.142 e. The van der Waals surface area contributed by atoms with E-state index in [0.29, 0.717) is 0 Å². The van der Waals surface area contributed by atoms with Crippen LogP contribution in [0.15, 0.2) is 140 Å². The monoisotopic (exact) mass is 524 g/mol. The van der Waals surface area contributed by atoms with Crippen molar-refractivity contribution in [3.63, 3.8) is 0 Å². The first kappa shape index (κ1) is 23.7. The normalized spacial score (nSPS) is 11.9. The molecule has 8 rings (SSSR count). The standard InChI is InChI=1S/C39H28N2/c1-26-22-23-33-32(24-26)40-39-38-31(25-41(33)39)34(27-14-6-2-7-15-27)35(28-16-8-3-9-17-28)36(29-18-10-4-11-19-29)37(38)30-20-12-5-13-21-30/h2-24H,25H2,1H3. The Kier molecular flexibility index (Phi) is 5.46. The molecular weight excluding hydrogens is 496 g/mol. The molecule has 1 aliphatic rings. The van der Waals surface area contributed by atoms with Gasteiger partial charge >= 0.3 is 0 Å². The molecule has 6 aromatic carbocycles. The van der Waals surface area contributed by atoms with Crippen LogP contribution in [0.2, 0.25) is 0 Å². The van der Waals surface area contributed by atoms with E-state index in [-0.39, 0.29) is 0 Å². The summed E-state index contributed by atoms with van der Waals surface area (Å²) < 4.78 is 2.42. The molecule has 0 bridgehead atoms. The molecule has 1 aliphatic heterocycles. The average molecular weight is 525 g/mol. The van der Waals surface area contributed by atoms with Crippen LogP contribution in [0.4, 0.5) is 0 Å². The summed E-state index contributed by atoms with van der Waals surface area (Å²) in [6, 6.07) is 50.2. The maximum atomic E-state index is 5.32. The molecule has 1 aromatic heterocycles. The van der Waals surface area contributed by atoms with Crippen LogP contribution in [0, 0.1) is 6.92 Å². The van der Waals surface area contributed by atoms with Gasteiger partial charge in [0.25, 0.3) is 0 Å². The summed E-state index contributed by atoms with van der Waals surface area (Å²) in [6.45, 7) is 2.92. The molecule has 0 unspecified atom stereocenters. The number of imidazole rings is 1. The van der Waals surface area contributed by atoms with Crippen molar-refractivity contribution in [2.45, 2.75) is 13.5 Å². The van der Waals surface area contributed by atoms with E-state index in [4.69, 9.17) is 4.98 Å². The number of rotatable bonds is 4. The van der Waals surface area contributed by atoms with Crippen LogP contribution >= 0.6 is 0 Å². The summed E-state index contributed by atoms with van der Waals surface area (Å²) in [5.74, 6) is 1.05. The highest BCUT2D eigenvalue weighted by molar-refractivity contribution is 6.10. The van der Waals surface area contributed by atoms with Crippen molar-refractivity contribution in [2.75, 3.05) is 0 Å². The minimum absolute atomic E-state index is 0.781. The summed E-state index contributed by atoms with van der Waals surface area (Å²) in [7, 11) is 0. The van der Waals surface area contributed by atoms with Crippen LogP contribution in [-0.2, 0) is 6.54 Å². The second kappa shape index (κ2) is 9.46. The van der Waals surface area contributed by atoms with Gasteiger partial charge in [0, 0.05) is 11.1 Å². The van der Waals surface area contributed by atoms with Crippen LogP contribution in [-0.4, -0.2) is 9.55 Å². The average Bonchev–Trinajstić information content (AvgIpc) is 3.57. The Bertz CT molecular complexity index is 2040. The van der Waals surface area contributed by atoms with E-state index in [1.165, 1.54) is 66.7 Å². The summed E-state index contributed by atoms with van der Waals surface area (Å²) in [6.07, 6.45) is 0. The summed E-state index contributed by atoms with van der Waals surface area (Å²) in [5.41, 5.74) is 15.9. The first-order valence-electron chi connectivity index (χ1n) is 14.2. The van der Waals surface area contributed by atoms with E-state index < -0.39 is 0 Å². The summed E-state index contributed by atoms with van der Waals surface area (Å²) in [5, 5.41) is 0. The Hall–Kier alpha value is -5.21. The predicted molar refractivity (Wildman–Crippen MR) is 171 cm³/mol. The van der Waals surface area contributed by atoms with E-state index in [2.05, 4.69) is 151 Å². The summed E-state index contributed by atoms with van der Waals surface area (Å²) in [4.78, 5) is 5.32. The molecule has 0 atom stereocenters. The Balaban J connectivity index is 1.62. The second-order valence-corrected chi connectivity index (χ2v) is 10.8. The summed E-state index contributed by atoms with van der Waals surface area (Å²) >= 11 is 0. The third-order valence-corrected chi connectivity index (χ3v) is 8.30. The third-order valence-electron chi connectivity index (χ3n) is 8.30. The van der Waals surface area contributed by atoms with Crippen LogP contribution in [0.5, 0.6) is 0 Å². The van der Waals surface area contributed by atoms with Crippen molar-refractivity contribution in [3.05, 3.63) is 151 Å². The van der Waals surface area contributed by atoms with E-state index in [1.807, 2.05) is 0 Å². The SMILES string of the molecule is Cc1ccc2c(c1)nc1n2Cc2c(-c3ccccc3)c(-c3ccccc3)c(-c3ccccc3)c(-c3ccccc3)c2-1. The number of benzene rings is 6. The van der Waals surface area contributed by atoms with Gasteiger partial charge in [-0.25, -0.2) is 4.98 Å². The van der Waals surface area contributed by atoms with Gasteiger partial charge < -0.3 is 4.57 Å². The minimum atomic E-state index is 0.781. The Labute approximate surface area is 240 Å². The first-order chi connectivity index (χ1) is 20.3. The molecular formula is C39H28N2. The molecule has 2 heterocycles. The molecule has 2 heteroatoms. The lowest BCUT2D eigenvalue weighted by Crippen LogP contribution is -2.01. The highest BCUT2D eigenvalue weighted by Gasteiger charge is 2.34. The molecule has 0 saturated carbocycles. The number of hydrogen-bond donors (Lipinski definition) is 0. The van der Waals surface area contributed by atoms with Crippen molar-refractivity contribution in [3.8, 4) is 55.9 Å². The third kappa shape index (κ3) is 3.76. The van der Waals surface area contributed by atoms with E-state index in [9.17, 15) is 0 Å². The number of fused-ring (bicyclic) bond motifs is 5. The minimum Gasteiger partial charge on any atom is -0.319 e. The fraction of sp³-hybridized carbons (Fsp3) is 0.0513.